The predicted octanol–water partition coefficient (Wildman–Crippen LogP) is 0.504. The van der Waals surface area contributed by atoms with Gasteiger partial charge in [0.15, 0.2) is 6.04 Å². The molecule has 2 atom stereocenters. The maximum Gasteiger partial charge on any atom is 0.328 e. The average Bonchev–Trinajstić information content (AvgIpc) is 2.38. The van der Waals surface area contributed by atoms with Crippen LogP contribution in [0.15, 0.2) is 0 Å². The molecule has 6 nitrogen and oxygen atoms in total. The van der Waals surface area contributed by atoms with Gasteiger partial charge in [-0.1, -0.05) is 13.3 Å². The highest BCUT2D eigenvalue weighted by atomic mass is 16.5. The molecular weight excluding hydrogens is 238 g/mol. The number of carboxylic acids is 1. The van der Waals surface area contributed by atoms with Crippen molar-refractivity contribution in [2.24, 2.45) is 0 Å². The van der Waals surface area contributed by atoms with Crippen molar-refractivity contribution >= 4 is 11.9 Å². The first-order valence-electron chi connectivity index (χ1n) is 6.30. The van der Waals surface area contributed by atoms with Crippen molar-refractivity contribution < 1.29 is 24.2 Å². The van der Waals surface area contributed by atoms with Crippen molar-refractivity contribution in [2.75, 3.05) is 26.4 Å². The Morgan fingerprint density at radius 3 is 2.89 bits per heavy atom. The van der Waals surface area contributed by atoms with Crippen LogP contribution in [0.4, 0.5) is 0 Å². The van der Waals surface area contributed by atoms with Gasteiger partial charge in [-0.25, -0.2) is 4.79 Å². The molecule has 0 aromatic heterocycles. The standard InChI is InChI=1S/C12H21NO5/c1-3-4-6-18-9(2)11(14)13-5-7-17-8-10(13)12(15)16/h9-10H,3-8H2,1-2H3,(H,15,16)/t9-,10+/m1/s1. The van der Waals surface area contributed by atoms with Crippen molar-refractivity contribution in [1.29, 1.82) is 0 Å². The SMILES string of the molecule is CCCCO[C@H](C)C(=O)N1CCOC[C@H]1C(=O)O. The zero-order chi connectivity index (χ0) is 13.5. The summed E-state index contributed by atoms with van der Waals surface area (Å²) in [5, 5.41) is 9.04. The topological polar surface area (TPSA) is 76.1 Å². The minimum atomic E-state index is -1.04. The molecule has 0 spiro atoms. The van der Waals surface area contributed by atoms with Crippen LogP contribution in [0.25, 0.3) is 0 Å². The van der Waals surface area contributed by atoms with Crippen LogP contribution in [0.2, 0.25) is 0 Å². The fraction of sp³-hybridized carbons (Fsp3) is 0.833. The largest absolute Gasteiger partial charge is 0.480 e. The van der Waals surface area contributed by atoms with E-state index in [4.69, 9.17) is 14.6 Å². The van der Waals surface area contributed by atoms with Gasteiger partial charge >= 0.3 is 5.97 Å². The molecule has 1 amide bonds. The Labute approximate surface area is 107 Å². The molecule has 1 rings (SSSR count). The van der Waals surface area contributed by atoms with Gasteiger partial charge in [-0.2, -0.15) is 0 Å². The molecule has 0 aliphatic carbocycles. The zero-order valence-corrected chi connectivity index (χ0v) is 10.9. The van der Waals surface area contributed by atoms with E-state index in [9.17, 15) is 9.59 Å². The van der Waals surface area contributed by atoms with Crippen molar-refractivity contribution in [2.45, 2.75) is 38.8 Å². The lowest BCUT2D eigenvalue weighted by molar-refractivity contribution is -0.163. The Balaban J connectivity index is 2.54. The third-order valence-electron chi connectivity index (χ3n) is 2.91. The van der Waals surface area contributed by atoms with Crippen LogP contribution in [-0.4, -0.2) is 60.4 Å². The van der Waals surface area contributed by atoms with Gasteiger partial charge in [0, 0.05) is 13.2 Å². The Kier molecular flexibility index (Phi) is 6.07. The molecule has 1 saturated heterocycles. The van der Waals surface area contributed by atoms with E-state index in [1.807, 2.05) is 6.92 Å². The molecule has 1 N–H and O–H groups in total. The van der Waals surface area contributed by atoms with Crippen molar-refractivity contribution in [3.8, 4) is 0 Å². The molecule has 0 aromatic carbocycles. The van der Waals surface area contributed by atoms with Gasteiger partial charge in [0.05, 0.1) is 13.2 Å². The summed E-state index contributed by atoms with van der Waals surface area (Å²) in [6, 6.07) is -0.900. The third kappa shape index (κ3) is 3.96. The van der Waals surface area contributed by atoms with Gasteiger partial charge in [0.25, 0.3) is 5.91 Å². The second-order valence-corrected chi connectivity index (χ2v) is 4.33. The summed E-state index contributed by atoms with van der Waals surface area (Å²) >= 11 is 0. The number of unbranched alkanes of at least 4 members (excludes halogenated alkanes) is 1. The molecule has 0 aromatic rings. The van der Waals surface area contributed by atoms with Crippen molar-refractivity contribution in [3.05, 3.63) is 0 Å². The van der Waals surface area contributed by atoms with E-state index in [1.54, 1.807) is 6.92 Å². The number of nitrogens with zero attached hydrogens (tertiary/aromatic N) is 1. The maximum absolute atomic E-state index is 12.1. The van der Waals surface area contributed by atoms with E-state index in [1.165, 1.54) is 4.90 Å². The number of carbonyl (C=O) groups excluding carboxylic acids is 1. The van der Waals surface area contributed by atoms with E-state index in [2.05, 4.69) is 0 Å². The third-order valence-corrected chi connectivity index (χ3v) is 2.91. The van der Waals surface area contributed by atoms with E-state index in [-0.39, 0.29) is 12.5 Å². The highest BCUT2D eigenvalue weighted by Gasteiger charge is 2.34. The first-order valence-corrected chi connectivity index (χ1v) is 6.30. The van der Waals surface area contributed by atoms with Crippen molar-refractivity contribution in [1.82, 2.24) is 4.90 Å². The number of carboxylic acid groups (broad SMARTS) is 1. The van der Waals surface area contributed by atoms with E-state index in [0.717, 1.165) is 12.8 Å². The van der Waals surface area contributed by atoms with E-state index < -0.39 is 18.1 Å². The van der Waals surface area contributed by atoms with Crippen LogP contribution >= 0.6 is 0 Å². The summed E-state index contributed by atoms with van der Waals surface area (Å²) in [7, 11) is 0. The molecule has 1 heterocycles. The number of ether oxygens (including phenoxy) is 2. The smallest absolute Gasteiger partial charge is 0.328 e. The van der Waals surface area contributed by atoms with Gasteiger partial charge in [-0.3, -0.25) is 4.79 Å². The van der Waals surface area contributed by atoms with Gasteiger partial charge in [0.2, 0.25) is 0 Å². The lowest BCUT2D eigenvalue weighted by Gasteiger charge is -2.34. The van der Waals surface area contributed by atoms with E-state index in [0.29, 0.717) is 19.8 Å². The summed E-state index contributed by atoms with van der Waals surface area (Å²) in [6.07, 6.45) is 1.29. The number of carbonyl (C=O) groups is 2. The fourth-order valence-corrected chi connectivity index (χ4v) is 1.78. The summed E-state index contributed by atoms with van der Waals surface area (Å²) in [4.78, 5) is 24.5. The van der Waals surface area contributed by atoms with Crippen LogP contribution in [0.5, 0.6) is 0 Å². The van der Waals surface area contributed by atoms with Crippen LogP contribution in [0.3, 0.4) is 0 Å². The van der Waals surface area contributed by atoms with Gasteiger partial charge < -0.3 is 19.5 Å². The Bertz CT molecular complexity index is 294. The highest BCUT2D eigenvalue weighted by molar-refractivity contribution is 5.86. The second kappa shape index (κ2) is 7.33. The molecule has 1 fully saturated rings. The van der Waals surface area contributed by atoms with Gasteiger partial charge in [-0.05, 0) is 13.3 Å². The molecule has 6 heteroatoms. The second-order valence-electron chi connectivity index (χ2n) is 4.33. The number of rotatable bonds is 6. The summed E-state index contributed by atoms with van der Waals surface area (Å²) < 4.78 is 10.5. The summed E-state index contributed by atoms with van der Waals surface area (Å²) in [5.74, 6) is -1.31. The van der Waals surface area contributed by atoms with Crippen LogP contribution in [-0.2, 0) is 19.1 Å². The predicted molar refractivity (Wildman–Crippen MR) is 64.3 cm³/mol. The number of hydrogen-bond acceptors (Lipinski definition) is 4. The molecular formula is C12H21NO5. The number of amides is 1. The number of hydrogen-bond donors (Lipinski definition) is 1. The maximum atomic E-state index is 12.1. The van der Waals surface area contributed by atoms with Crippen LogP contribution in [0.1, 0.15) is 26.7 Å². The van der Waals surface area contributed by atoms with Crippen molar-refractivity contribution in [3.63, 3.8) is 0 Å². The summed E-state index contributed by atoms with van der Waals surface area (Å²) in [5.41, 5.74) is 0. The Hall–Kier alpha value is -1.14. The quantitative estimate of drug-likeness (QED) is 0.703. The Morgan fingerprint density at radius 1 is 1.56 bits per heavy atom. The normalized spacial score (nSPS) is 21.7. The van der Waals surface area contributed by atoms with Crippen LogP contribution < -0.4 is 0 Å². The number of morpholine rings is 1. The lowest BCUT2D eigenvalue weighted by Crippen LogP contribution is -2.55. The monoisotopic (exact) mass is 259 g/mol. The minimum Gasteiger partial charge on any atom is -0.480 e. The zero-order valence-electron chi connectivity index (χ0n) is 10.9. The molecule has 104 valence electrons. The van der Waals surface area contributed by atoms with E-state index >= 15 is 0 Å². The summed E-state index contributed by atoms with van der Waals surface area (Å²) in [6.45, 7) is 4.94. The lowest BCUT2D eigenvalue weighted by atomic mass is 10.2. The molecule has 0 saturated carbocycles. The van der Waals surface area contributed by atoms with Gasteiger partial charge in [-0.15, -0.1) is 0 Å². The molecule has 0 radical (unpaired) electrons. The molecule has 18 heavy (non-hydrogen) atoms. The molecule has 0 unspecified atom stereocenters. The molecule has 0 bridgehead atoms. The van der Waals surface area contributed by atoms with Crippen LogP contribution in [0, 0.1) is 0 Å². The fourth-order valence-electron chi connectivity index (χ4n) is 1.78. The Morgan fingerprint density at radius 2 is 2.28 bits per heavy atom. The first kappa shape index (κ1) is 14.9. The average molecular weight is 259 g/mol. The highest BCUT2D eigenvalue weighted by Crippen LogP contribution is 2.11. The first-order chi connectivity index (χ1) is 8.57. The number of aliphatic carboxylic acids is 1. The molecule has 1 aliphatic heterocycles. The molecule has 1 aliphatic rings. The van der Waals surface area contributed by atoms with Gasteiger partial charge in [0.1, 0.15) is 6.10 Å². The minimum absolute atomic E-state index is 0.0444.